The minimum absolute atomic E-state index is 0.102. The Kier molecular flexibility index (Phi) is 4.77. The average molecular weight is 285 g/mol. The van der Waals surface area contributed by atoms with Crippen LogP contribution in [0.1, 0.15) is 12.5 Å². The summed E-state index contributed by atoms with van der Waals surface area (Å²) in [5.41, 5.74) is 2.71. The molecule has 0 saturated carbocycles. The van der Waals surface area contributed by atoms with Gasteiger partial charge in [-0.2, -0.15) is 0 Å². The van der Waals surface area contributed by atoms with Gasteiger partial charge in [0.25, 0.3) is 0 Å². The Morgan fingerprint density at radius 3 is 2.38 bits per heavy atom. The topological polar surface area (TPSA) is 63.2 Å². The van der Waals surface area contributed by atoms with Gasteiger partial charge >= 0.3 is 0 Å². The first-order valence-corrected chi connectivity index (χ1v) is 6.72. The number of carbonyl (C=O) groups excluding carboxylic acids is 1. The monoisotopic (exact) mass is 285 g/mol. The number of aryl methyl sites for hydroxylation is 1. The van der Waals surface area contributed by atoms with Gasteiger partial charge in [-0.1, -0.05) is 17.7 Å². The lowest BCUT2D eigenvalue weighted by Crippen LogP contribution is -2.31. The summed E-state index contributed by atoms with van der Waals surface area (Å²) in [7, 11) is 1.56. The van der Waals surface area contributed by atoms with Crippen LogP contribution in [0.2, 0.25) is 0 Å². The number of benzene rings is 1. The maximum atomic E-state index is 12.1. The summed E-state index contributed by atoms with van der Waals surface area (Å²) in [5, 5.41) is 5.96. The van der Waals surface area contributed by atoms with E-state index in [2.05, 4.69) is 15.6 Å². The van der Waals surface area contributed by atoms with E-state index in [-0.39, 0.29) is 11.9 Å². The summed E-state index contributed by atoms with van der Waals surface area (Å²) >= 11 is 0. The molecule has 1 amide bonds. The van der Waals surface area contributed by atoms with E-state index in [0.29, 0.717) is 5.88 Å². The van der Waals surface area contributed by atoms with E-state index < -0.39 is 0 Å². The quantitative estimate of drug-likeness (QED) is 0.886. The second kappa shape index (κ2) is 6.74. The number of nitrogens with zero attached hydrogens (tertiary/aromatic N) is 1. The minimum atomic E-state index is -0.374. The molecule has 0 radical (unpaired) electrons. The van der Waals surface area contributed by atoms with Crippen LogP contribution in [0.4, 0.5) is 11.4 Å². The number of hydrogen-bond acceptors (Lipinski definition) is 4. The van der Waals surface area contributed by atoms with Gasteiger partial charge in [0.05, 0.1) is 19.0 Å². The zero-order chi connectivity index (χ0) is 15.2. The molecule has 1 heterocycles. The maximum absolute atomic E-state index is 12.1. The SMILES string of the molecule is COc1ccc(NC(C)C(=O)Nc2ccc(C)cc2)cn1. The molecular formula is C16H19N3O2. The lowest BCUT2D eigenvalue weighted by Gasteiger charge is -2.15. The second-order valence-corrected chi connectivity index (χ2v) is 4.81. The van der Waals surface area contributed by atoms with Crippen LogP contribution in [0.15, 0.2) is 42.6 Å². The third kappa shape index (κ3) is 4.21. The van der Waals surface area contributed by atoms with E-state index in [4.69, 9.17) is 4.74 Å². The van der Waals surface area contributed by atoms with Crippen molar-refractivity contribution in [3.8, 4) is 5.88 Å². The molecule has 2 aromatic rings. The number of nitrogens with one attached hydrogen (secondary N) is 2. The Bertz CT molecular complexity index is 594. The lowest BCUT2D eigenvalue weighted by molar-refractivity contribution is -0.116. The van der Waals surface area contributed by atoms with Crippen molar-refractivity contribution in [1.82, 2.24) is 4.98 Å². The maximum Gasteiger partial charge on any atom is 0.246 e. The van der Waals surface area contributed by atoms with Gasteiger partial charge in [-0.3, -0.25) is 4.79 Å². The molecule has 0 aliphatic rings. The number of aromatic nitrogens is 1. The summed E-state index contributed by atoms with van der Waals surface area (Å²) in [6, 6.07) is 10.9. The fourth-order valence-electron chi connectivity index (χ4n) is 1.79. The normalized spacial score (nSPS) is 11.6. The summed E-state index contributed by atoms with van der Waals surface area (Å²) < 4.78 is 4.99. The molecule has 1 aromatic heterocycles. The molecule has 5 nitrogen and oxygen atoms in total. The van der Waals surface area contributed by atoms with Gasteiger partial charge < -0.3 is 15.4 Å². The van der Waals surface area contributed by atoms with Crippen molar-refractivity contribution in [2.24, 2.45) is 0 Å². The third-order valence-electron chi connectivity index (χ3n) is 3.04. The Balaban J connectivity index is 1.93. The third-order valence-corrected chi connectivity index (χ3v) is 3.04. The van der Waals surface area contributed by atoms with Crippen LogP contribution in [-0.4, -0.2) is 24.0 Å². The first kappa shape index (κ1) is 14.8. The number of pyridine rings is 1. The fraction of sp³-hybridized carbons (Fsp3) is 0.250. The Labute approximate surface area is 124 Å². The molecule has 0 fully saturated rings. The minimum Gasteiger partial charge on any atom is -0.481 e. The highest BCUT2D eigenvalue weighted by atomic mass is 16.5. The van der Waals surface area contributed by atoms with Crippen LogP contribution in [0.3, 0.4) is 0 Å². The van der Waals surface area contributed by atoms with Crippen molar-refractivity contribution in [2.75, 3.05) is 17.7 Å². The Morgan fingerprint density at radius 1 is 1.14 bits per heavy atom. The fourth-order valence-corrected chi connectivity index (χ4v) is 1.79. The number of anilines is 2. The Hall–Kier alpha value is -2.56. The summed E-state index contributed by atoms with van der Waals surface area (Å²) in [5.74, 6) is 0.437. The predicted molar refractivity (Wildman–Crippen MR) is 83.7 cm³/mol. The number of methoxy groups -OCH3 is 1. The van der Waals surface area contributed by atoms with Crippen molar-refractivity contribution < 1.29 is 9.53 Å². The van der Waals surface area contributed by atoms with E-state index in [0.717, 1.165) is 16.9 Å². The van der Waals surface area contributed by atoms with Gasteiger partial charge in [-0.15, -0.1) is 0 Å². The molecule has 21 heavy (non-hydrogen) atoms. The number of amides is 1. The van der Waals surface area contributed by atoms with Crippen molar-refractivity contribution in [3.63, 3.8) is 0 Å². The van der Waals surface area contributed by atoms with Crippen molar-refractivity contribution in [2.45, 2.75) is 19.9 Å². The van der Waals surface area contributed by atoms with Gasteiger partial charge in [0.15, 0.2) is 0 Å². The molecule has 1 unspecified atom stereocenters. The highest BCUT2D eigenvalue weighted by Gasteiger charge is 2.12. The number of hydrogen-bond donors (Lipinski definition) is 2. The highest BCUT2D eigenvalue weighted by molar-refractivity contribution is 5.96. The van der Waals surface area contributed by atoms with Gasteiger partial charge in [-0.25, -0.2) is 4.98 Å². The van der Waals surface area contributed by atoms with Gasteiger partial charge in [0.2, 0.25) is 11.8 Å². The zero-order valence-corrected chi connectivity index (χ0v) is 12.4. The van der Waals surface area contributed by atoms with Gasteiger partial charge in [0, 0.05) is 11.8 Å². The second-order valence-electron chi connectivity index (χ2n) is 4.81. The smallest absolute Gasteiger partial charge is 0.246 e. The van der Waals surface area contributed by atoms with Crippen LogP contribution in [0, 0.1) is 6.92 Å². The van der Waals surface area contributed by atoms with Gasteiger partial charge in [-0.05, 0) is 32.0 Å². The largest absolute Gasteiger partial charge is 0.481 e. The highest BCUT2D eigenvalue weighted by Crippen LogP contribution is 2.13. The molecule has 5 heteroatoms. The van der Waals surface area contributed by atoms with Crippen molar-refractivity contribution >= 4 is 17.3 Å². The summed E-state index contributed by atoms with van der Waals surface area (Å²) in [6.07, 6.45) is 1.63. The zero-order valence-electron chi connectivity index (χ0n) is 12.4. The van der Waals surface area contributed by atoms with Crippen LogP contribution >= 0.6 is 0 Å². The molecule has 0 bridgehead atoms. The molecule has 2 rings (SSSR count). The first-order chi connectivity index (χ1) is 10.1. The molecular weight excluding hydrogens is 266 g/mol. The van der Waals surface area contributed by atoms with E-state index >= 15 is 0 Å². The van der Waals surface area contributed by atoms with Crippen LogP contribution in [0.25, 0.3) is 0 Å². The van der Waals surface area contributed by atoms with Crippen LogP contribution < -0.4 is 15.4 Å². The molecule has 110 valence electrons. The first-order valence-electron chi connectivity index (χ1n) is 6.72. The summed E-state index contributed by atoms with van der Waals surface area (Å²) in [4.78, 5) is 16.2. The molecule has 2 N–H and O–H groups in total. The van der Waals surface area contributed by atoms with Crippen LogP contribution in [0.5, 0.6) is 5.88 Å². The van der Waals surface area contributed by atoms with E-state index in [1.165, 1.54) is 0 Å². The number of carbonyl (C=O) groups is 1. The lowest BCUT2D eigenvalue weighted by atomic mass is 10.2. The van der Waals surface area contributed by atoms with Gasteiger partial charge in [0.1, 0.15) is 6.04 Å². The van der Waals surface area contributed by atoms with Crippen molar-refractivity contribution in [3.05, 3.63) is 48.2 Å². The van der Waals surface area contributed by atoms with E-state index in [1.54, 1.807) is 26.3 Å². The van der Waals surface area contributed by atoms with E-state index in [1.807, 2.05) is 37.3 Å². The Morgan fingerprint density at radius 2 is 1.81 bits per heavy atom. The van der Waals surface area contributed by atoms with E-state index in [9.17, 15) is 4.79 Å². The number of ether oxygens (including phenoxy) is 1. The standard InChI is InChI=1S/C16H19N3O2/c1-11-4-6-13(7-5-11)19-16(20)12(2)18-14-8-9-15(21-3)17-10-14/h4-10,12,18H,1-3H3,(H,19,20). The molecule has 0 aliphatic carbocycles. The molecule has 0 spiro atoms. The van der Waals surface area contributed by atoms with Crippen molar-refractivity contribution in [1.29, 1.82) is 0 Å². The van der Waals surface area contributed by atoms with Crippen LogP contribution in [-0.2, 0) is 4.79 Å². The molecule has 1 atom stereocenters. The number of rotatable bonds is 5. The molecule has 0 saturated heterocycles. The molecule has 0 aliphatic heterocycles. The molecule has 1 aromatic carbocycles. The average Bonchev–Trinajstić information content (AvgIpc) is 2.50. The summed E-state index contributed by atoms with van der Waals surface area (Å²) in [6.45, 7) is 3.81. The predicted octanol–water partition coefficient (Wildman–Crippen LogP) is 2.84.